The maximum Gasteiger partial charge on any atom is 0.254 e. The van der Waals surface area contributed by atoms with E-state index in [1.54, 1.807) is 6.92 Å². The Labute approximate surface area is 122 Å². The molecule has 2 aromatic rings. The molecule has 106 valence electrons. The average Bonchev–Trinajstić information content (AvgIpc) is 2.86. The summed E-state index contributed by atoms with van der Waals surface area (Å²) >= 11 is 1.20. The number of nitrogen functional groups attached to an aromatic ring is 1. The molecule has 0 saturated heterocycles. The van der Waals surface area contributed by atoms with Gasteiger partial charge in [-0.15, -0.1) is 11.3 Å². The van der Waals surface area contributed by atoms with Crippen LogP contribution in [0.4, 0.5) is 5.69 Å². The Balaban J connectivity index is 1.96. The zero-order chi connectivity index (χ0) is 14.3. The van der Waals surface area contributed by atoms with Crippen LogP contribution in [0.5, 0.6) is 0 Å². The Morgan fingerprint density at radius 2 is 2.20 bits per heavy atom. The van der Waals surface area contributed by atoms with Crippen LogP contribution in [0.3, 0.4) is 0 Å². The minimum atomic E-state index is -3.47. The van der Waals surface area contributed by atoms with E-state index in [1.165, 1.54) is 21.8 Å². The lowest BCUT2D eigenvalue weighted by atomic mass is 10.00. The molecule has 20 heavy (non-hydrogen) atoms. The first-order valence-electron chi connectivity index (χ1n) is 6.27. The van der Waals surface area contributed by atoms with Crippen molar-refractivity contribution in [3.8, 4) is 0 Å². The fraction of sp³-hybridized carbons (Fsp3) is 0.308. The summed E-state index contributed by atoms with van der Waals surface area (Å²) < 4.78 is 26.9. The van der Waals surface area contributed by atoms with E-state index in [-0.39, 0.29) is 0 Å². The Morgan fingerprint density at radius 1 is 1.40 bits per heavy atom. The van der Waals surface area contributed by atoms with Crippen molar-refractivity contribution >= 4 is 27.0 Å². The lowest BCUT2D eigenvalue weighted by molar-refractivity contribution is 0.393. The molecule has 1 aromatic carbocycles. The number of nitrogens with two attached hydrogens (primary N) is 1. The molecular weight excluding hydrogens is 294 g/mol. The summed E-state index contributed by atoms with van der Waals surface area (Å²) in [5, 5.41) is 0.750. The van der Waals surface area contributed by atoms with Crippen LogP contribution < -0.4 is 5.73 Å². The molecule has 0 saturated carbocycles. The van der Waals surface area contributed by atoms with Gasteiger partial charge in [-0.1, -0.05) is 12.1 Å². The van der Waals surface area contributed by atoms with Crippen LogP contribution in [0.25, 0.3) is 0 Å². The van der Waals surface area contributed by atoms with E-state index < -0.39 is 10.0 Å². The minimum absolute atomic E-state index is 0.299. The molecule has 1 aliphatic rings. The second-order valence-corrected chi connectivity index (χ2v) is 8.17. The smallest absolute Gasteiger partial charge is 0.254 e. The van der Waals surface area contributed by atoms with Crippen LogP contribution >= 0.6 is 11.3 Å². The molecule has 0 spiro atoms. The van der Waals surface area contributed by atoms with Crippen LogP contribution in [0.1, 0.15) is 16.1 Å². The molecule has 0 amide bonds. The van der Waals surface area contributed by atoms with Gasteiger partial charge in [0.15, 0.2) is 4.21 Å². The highest BCUT2D eigenvalue weighted by molar-refractivity contribution is 7.91. The minimum Gasteiger partial charge on any atom is -0.398 e. The highest BCUT2D eigenvalue weighted by Gasteiger charge is 2.30. The summed E-state index contributed by atoms with van der Waals surface area (Å²) in [5.41, 5.74) is 8.67. The third-order valence-electron chi connectivity index (χ3n) is 3.47. The predicted octanol–water partition coefficient (Wildman–Crippen LogP) is 1.78. The highest BCUT2D eigenvalue weighted by Crippen LogP contribution is 2.30. The van der Waals surface area contributed by atoms with Crippen molar-refractivity contribution in [2.24, 2.45) is 0 Å². The van der Waals surface area contributed by atoms with Gasteiger partial charge >= 0.3 is 0 Å². The number of aryl methyl sites for hydroxylation is 1. The third-order valence-corrected chi connectivity index (χ3v) is 6.66. The van der Waals surface area contributed by atoms with Gasteiger partial charge in [-0.3, -0.25) is 0 Å². The van der Waals surface area contributed by atoms with Gasteiger partial charge in [0.25, 0.3) is 10.0 Å². The lowest BCUT2D eigenvalue weighted by Crippen LogP contribution is -2.36. The molecule has 2 heterocycles. The molecule has 0 radical (unpaired) electrons. The second kappa shape index (κ2) is 4.83. The van der Waals surface area contributed by atoms with E-state index in [0.717, 1.165) is 16.1 Å². The lowest BCUT2D eigenvalue weighted by Gasteiger charge is -2.28. The third kappa shape index (κ3) is 2.21. The molecule has 2 N–H and O–H groups in total. The number of nitrogens with zero attached hydrogens (tertiary/aromatic N) is 2. The molecule has 7 heteroatoms. The standard InChI is InChI=1S/C13H15N3O2S2/c1-9-15-7-13(19-9)20(17,18)16-6-5-10-3-2-4-12(14)11(10)8-16/h2-4,7H,5-6,8,14H2,1H3. The van der Waals surface area contributed by atoms with Gasteiger partial charge < -0.3 is 5.73 Å². The molecule has 1 aliphatic heterocycles. The summed E-state index contributed by atoms with van der Waals surface area (Å²) in [6, 6.07) is 5.73. The van der Waals surface area contributed by atoms with Crippen molar-refractivity contribution in [2.45, 2.75) is 24.1 Å². The van der Waals surface area contributed by atoms with Crippen molar-refractivity contribution < 1.29 is 8.42 Å². The number of sulfonamides is 1. The van der Waals surface area contributed by atoms with Crippen molar-refractivity contribution in [1.82, 2.24) is 9.29 Å². The van der Waals surface area contributed by atoms with Crippen LogP contribution in [0.2, 0.25) is 0 Å². The number of hydrogen-bond donors (Lipinski definition) is 1. The topological polar surface area (TPSA) is 76.3 Å². The molecule has 0 fully saturated rings. The van der Waals surface area contributed by atoms with Crippen LogP contribution in [-0.2, 0) is 23.0 Å². The number of thiazole rings is 1. The van der Waals surface area contributed by atoms with Gasteiger partial charge in [0.2, 0.25) is 0 Å². The molecular formula is C13H15N3O2S2. The Morgan fingerprint density at radius 3 is 2.90 bits per heavy atom. The number of benzene rings is 1. The predicted molar refractivity (Wildman–Crippen MR) is 79.0 cm³/mol. The maximum atomic E-state index is 12.6. The van der Waals surface area contributed by atoms with E-state index in [2.05, 4.69) is 4.98 Å². The molecule has 0 unspecified atom stereocenters. The van der Waals surface area contributed by atoms with Crippen molar-refractivity contribution in [3.63, 3.8) is 0 Å². The summed E-state index contributed by atoms with van der Waals surface area (Å²) in [4.78, 5) is 4.03. The fourth-order valence-corrected chi connectivity index (χ4v) is 5.05. The first-order valence-corrected chi connectivity index (χ1v) is 8.53. The second-order valence-electron chi connectivity index (χ2n) is 4.77. The van der Waals surface area contributed by atoms with Gasteiger partial charge in [0.05, 0.1) is 11.2 Å². The fourth-order valence-electron chi connectivity index (χ4n) is 2.38. The van der Waals surface area contributed by atoms with Crippen LogP contribution in [0.15, 0.2) is 28.6 Å². The van der Waals surface area contributed by atoms with Gasteiger partial charge in [-0.25, -0.2) is 13.4 Å². The monoisotopic (exact) mass is 309 g/mol. The molecule has 3 rings (SSSR count). The molecule has 0 atom stereocenters. The normalized spacial score (nSPS) is 16.1. The summed E-state index contributed by atoms with van der Waals surface area (Å²) in [6.07, 6.45) is 2.12. The number of fused-ring (bicyclic) bond motifs is 1. The zero-order valence-electron chi connectivity index (χ0n) is 11.0. The van der Waals surface area contributed by atoms with Gasteiger partial charge in [0, 0.05) is 18.8 Å². The van der Waals surface area contributed by atoms with Crippen molar-refractivity contribution in [3.05, 3.63) is 40.5 Å². The van der Waals surface area contributed by atoms with Gasteiger partial charge in [-0.2, -0.15) is 4.31 Å². The molecule has 0 aliphatic carbocycles. The summed E-state index contributed by atoms with van der Waals surface area (Å²) in [7, 11) is -3.47. The van der Waals surface area contributed by atoms with Gasteiger partial charge in [-0.05, 0) is 30.5 Å². The SMILES string of the molecule is Cc1ncc(S(=O)(=O)N2CCc3cccc(N)c3C2)s1. The van der Waals surface area contributed by atoms with E-state index in [4.69, 9.17) is 5.73 Å². The number of rotatable bonds is 2. The summed E-state index contributed by atoms with van der Waals surface area (Å²) in [5.74, 6) is 0. The summed E-state index contributed by atoms with van der Waals surface area (Å²) in [6.45, 7) is 2.62. The first-order chi connectivity index (χ1) is 9.48. The molecule has 1 aromatic heterocycles. The first kappa shape index (κ1) is 13.5. The Kier molecular flexibility index (Phi) is 3.27. The van der Waals surface area contributed by atoms with E-state index >= 15 is 0 Å². The van der Waals surface area contributed by atoms with Gasteiger partial charge in [0.1, 0.15) is 0 Å². The largest absolute Gasteiger partial charge is 0.398 e. The van der Waals surface area contributed by atoms with E-state index in [9.17, 15) is 8.42 Å². The van der Waals surface area contributed by atoms with Crippen LogP contribution in [-0.4, -0.2) is 24.3 Å². The zero-order valence-corrected chi connectivity index (χ0v) is 12.7. The number of anilines is 1. The number of hydrogen-bond acceptors (Lipinski definition) is 5. The Hall–Kier alpha value is -1.44. The average molecular weight is 309 g/mol. The molecule has 5 nitrogen and oxygen atoms in total. The number of aromatic nitrogens is 1. The van der Waals surface area contributed by atoms with E-state index in [1.807, 2.05) is 18.2 Å². The Bertz CT molecular complexity index is 753. The van der Waals surface area contributed by atoms with E-state index in [0.29, 0.717) is 29.4 Å². The van der Waals surface area contributed by atoms with Crippen molar-refractivity contribution in [1.29, 1.82) is 0 Å². The maximum absolute atomic E-state index is 12.6. The highest BCUT2D eigenvalue weighted by atomic mass is 32.2. The molecule has 0 bridgehead atoms. The quantitative estimate of drug-likeness (QED) is 0.858. The van der Waals surface area contributed by atoms with Crippen LogP contribution in [0, 0.1) is 6.92 Å². The van der Waals surface area contributed by atoms with Crippen molar-refractivity contribution in [2.75, 3.05) is 12.3 Å².